The van der Waals surface area contributed by atoms with Crippen LogP contribution in [0.2, 0.25) is 0 Å². The van der Waals surface area contributed by atoms with Crippen molar-refractivity contribution >= 4 is 23.9 Å². The summed E-state index contributed by atoms with van der Waals surface area (Å²) in [6.45, 7) is 5.73. The predicted octanol–water partition coefficient (Wildman–Crippen LogP) is 0.0813. The van der Waals surface area contributed by atoms with E-state index in [0.29, 0.717) is 12.8 Å². The highest BCUT2D eigenvalue weighted by Gasteiger charge is 2.44. The van der Waals surface area contributed by atoms with E-state index in [1.807, 2.05) is 27.7 Å². The first kappa shape index (κ1) is 28.1. The van der Waals surface area contributed by atoms with Crippen LogP contribution in [0.5, 0.6) is 0 Å². The van der Waals surface area contributed by atoms with Crippen LogP contribution in [0.15, 0.2) is 0 Å². The van der Waals surface area contributed by atoms with Crippen molar-refractivity contribution in [1.82, 2.24) is 0 Å². The van der Waals surface area contributed by atoms with E-state index >= 15 is 0 Å². The van der Waals surface area contributed by atoms with Crippen LogP contribution in [0.25, 0.3) is 0 Å². The minimum absolute atomic E-state index is 0.142. The van der Waals surface area contributed by atoms with Gasteiger partial charge in [-0.1, -0.05) is 27.7 Å². The van der Waals surface area contributed by atoms with Gasteiger partial charge in [-0.3, -0.25) is 9.59 Å². The highest BCUT2D eigenvalue weighted by Crippen LogP contribution is 2.38. The summed E-state index contributed by atoms with van der Waals surface area (Å²) in [7, 11) is 0. The van der Waals surface area contributed by atoms with Gasteiger partial charge in [-0.15, -0.1) is 0 Å². The molecule has 10 heteroatoms. The zero-order chi connectivity index (χ0) is 23.5. The van der Waals surface area contributed by atoms with Gasteiger partial charge in [-0.25, -0.2) is 9.59 Å². The van der Waals surface area contributed by atoms with E-state index in [4.69, 9.17) is 14.9 Å². The Morgan fingerprint density at radius 1 is 0.767 bits per heavy atom. The van der Waals surface area contributed by atoms with Crippen molar-refractivity contribution in [3.05, 3.63) is 0 Å². The van der Waals surface area contributed by atoms with Crippen molar-refractivity contribution in [2.75, 3.05) is 13.2 Å². The number of carbonyl (C=O) groups is 4. The van der Waals surface area contributed by atoms with Gasteiger partial charge in [0.2, 0.25) is 0 Å². The Morgan fingerprint density at radius 3 is 1.53 bits per heavy atom. The molecule has 0 bridgehead atoms. The zero-order valence-electron chi connectivity index (χ0n) is 18.0. The van der Waals surface area contributed by atoms with E-state index in [1.54, 1.807) is 0 Å². The second-order valence-corrected chi connectivity index (χ2v) is 8.22. The van der Waals surface area contributed by atoms with Gasteiger partial charge in [-0.2, -0.15) is 0 Å². The lowest BCUT2D eigenvalue weighted by Crippen LogP contribution is -2.41. The molecule has 0 saturated heterocycles. The molecule has 4 N–H and O–H groups in total. The topological polar surface area (TPSA) is 168 Å². The molecule has 0 aliphatic rings. The molecule has 0 aromatic heterocycles. The Labute approximate surface area is 176 Å². The van der Waals surface area contributed by atoms with Crippen LogP contribution in [0.1, 0.15) is 59.8 Å². The summed E-state index contributed by atoms with van der Waals surface area (Å²) >= 11 is 0. The molecule has 0 spiro atoms. The quantitative estimate of drug-likeness (QED) is 0.230. The molecule has 10 nitrogen and oxygen atoms in total. The molecule has 0 amide bonds. The Bertz CT molecular complexity index is 572. The molecule has 174 valence electrons. The molecule has 0 rings (SSSR count). The molecule has 0 aromatic rings. The normalized spacial score (nSPS) is 13.8. The molecule has 0 heterocycles. The monoisotopic (exact) mass is 434 g/mol. The third-order valence-corrected chi connectivity index (χ3v) is 4.61. The summed E-state index contributed by atoms with van der Waals surface area (Å²) in [5, 5.41) is 36.3. The summed E-state index contributed by atoms with van der Waals surface area (Å²) in [5.41, 5.74) is -1.51. The lowest BCUT2D eigenvalue weighted by Gasteiger charge is -2.32. The number of rotatable bonds is 13. The minimum Gasteiger partial charge on any atom is -0.393 e. The maximum atomic E-state index is 12.9. The molecule has 0 aliphatic heterocycles. The van der Waals surface area contributed by atoms with Gasteiger partial charge in [0.25, 0.3) is 0 Å². The molecule has 2 unspecified atom stereocenters. The summed E-state index contributed by atoms with van der Waals surface area (Å²) < 4.78 is 9.26. The fourth-order valence-electron chi connectivity index (χ4n) is 2.62. The van der Waals surface area contributed by atoms with E-state index in [-0.39, 0.29) is 24.7 Å². The van der Waals surface area contributed by atoms with Crippen LogP contribution in [0, 0.1) is 17.3 Å². The Balaban J connectivity index is 5.77. The smallest absolute Gasteiger partial charge is 0.345 e. The highest BCUT2D eigenvalue weighted by atomic mass is 16.6. The Morgan fingerprint density at radius 2 is 1.17 bits per heavy atom. The van der Waals surface area contributed by atoms with E-state index in [2.05, 4.69) is 4.74 Å². The first-order valence-electron chi connectivity index (χ1n) is 9.97. The van der Waals surface area contributed by atoms with Gasteiger partial charge in [0, 0.05) is 0 Å². The fraction of sp³-hybridized carbons (Fsp3) is 0.800. The van der Waals surface area contributed by atoms with Gasteiger partial charge in [-0.05, 0) is 37.5 Å². The Kier molecular flexibility index (Phi) is 12.6. The maximum absolute atomic E-state index is 12.9. The second-order valence-electron chi connectivity index (χ2n) is 8.22. The molecule has 0 fully saturated rings. The van der Waals surface area contributed by atoms with Crippen molar-refractivity contribution in [1.29, 1.82) is 0 Å². The highest BCUT2D eigenvalue weighted by molar-refractivity contribution is 5.94. The lowest BCUT2D eigenvalue weighted by molar-refractivity contribution is -0.180. The van der Waals surface area contributed by atoms with Crippen molar-refractivity contribution < 1.29 is 49.1 Å². The third kappa shape index (κ3) is 9.75. The lowest BCUT2D eigenvalue weighted by atomic mass is 9.73. The van der Waals surface area contributed by atoms with Crippen LogP contribution >= 0.6 is 0 Å². The average molecular weight is 434 g/mol. The van der Waals surface area contributed by atoms with Crippen LogP contribution in [0.3, 0.4) is 0 Å². The third-order valence-electron chi connectivity index (χ3n) is 4.61. The molecule has 30 heavy (non-hydrogen) atoms. The van der Waals surface area contributed by atoms with Gasteiger partial charge in [0.1, 0.15) is 0 Å². The van der Waals surface area contributed by atoms with Crippen LogP contribution in [-0.2, 0) is 28.7 Å². The fourth-order valence-corrected chi connectivity index (χ4v) is 2.62. The number of aliphatic hydroxyl groups is 4. The summed E-state index contributed by atoms with van der Waals surface area (Å²) in [6.07, 6.45) is -3.14. The van der Waals surface area contributed by atoms with Gasteiger partial charge >= 0.3 is 23.9 Å². The molecule has 0 aromatic carbocycles. The molecular weight excluding hydrogens is 400 g/mol. The molecule has 0 saturated carbocycles. The van der Waals surface area contributed by atoms with Crippen LogP contribution in [0.4, 0.5) is 0 Å². The number of ether oxygens (including phenoxy) is 2. The largest absolute Gasteiger partial charge is 0.393 e. The van der Waals surface area contributed by atoms with E-state index in [1.165, 1.54) is 0 Å². The number of hydrogen-bond acceptors (Lipinski definition) is 10. The summed E-state index contributed by atoms with van der Waals surface area (Å²) in [4.78, 5) is 48.7. The molecular formula is C20H34O10. The van der Waals surface area contributed by atoms with Crippen molar-refractivity contribution in [3.8, 4) is 0 Å². The van der Waals surface area contributed by atoms with Crippen LogP contribution in [-0.4, -0.2) is 69.7 Å². The average Bonchev–Trinajstić information content (AvgIpc) is 2.68. The minimum atomic E-state index is -1.91. The first-order chi connectivity index (χ1) is 13.9. The standard InChI is InChI=1S/C20H34O10/c1-12(2)5-7-20(8-6-13(3)4,19(28)30-18(27)15(24)11-22)9-16(25)29-17(26)14(23)10-21/h12-15,21-24H,5-11H2,1-4H3. The Hall–Kier alpha value is -1.88. The first-order valence-corrected chi connectivity index (χ1v) is 9.97. The zero-order valence-corrected chi connectivity index (χ0v) is 18.0. The SMILES string of the molecule is CC(C)CCC(CCC(C)C)(CC(=O)OC(=O)C(O)CO)C(=O)OC(=O)C(O)CO. The molecule has 0 radical (unpaired) electrons. The second kappa shape index (κ2) is 13.4. The predicted molar refractivity (Wildman–Crippen MR) is 104 cm³/mol. The van der Waals surface area contributed by atoms with E-state index in [0.717, 1.165) is 0 Å². The molecule has 2 atom stereocenters. The van der Waals surface area contributed by atoms with Gasteiger partial charge in [0.15, 0.2) is 12.2 Å². The number of aliphatic hydroxyl groups excluding tert-OH is 4. The van der Waals surface area contributed by atoms with Gasteiger partial charge < -0.3 is 29.9 Å². The molecule has 0 aliphatic carbocycles. The van der Waals surface area contributed by atoms with E-state index in [9.17, 15) is 29.4 Å². The maximum Gasteiger partial charge on any atom is 0.345 e. The van der Waals surface area contributed by atoms with Crippen molar-refractivity contribution in [2.45, 2.75) is 72.0 Å². The van der Waals surface area contributed by atoms with Gasteiger partial charge in [0.05, 0.1) is 25.0 Å². The van der Waals surface area contributed by atoms with Crippen molar-refractivity contribution in [2.24, 2.45) is 17.3 Å². The summed E-state index contributed by atoms with van der Waals surface area (Å²) in [5.74, 6) is -4.60. The van der Waals surface area contributed by atoms with E-state index < -0.39 is 61.1 Å². The van der Waals surface area contributed by atoms with Crippen molar-refractivity contribution in [3.63, 3.8) is 0 Å². The number of carbonyl (C=O) groups excluding carboxylic acids is 4. The summed E-state index contributed by atoms with van der Waals surface area (Å²) in [6, 6.07) is 0. The number of hydrogen-bond donors (Lipinski definition) is 4. The van der Waals surface area contributed by atoms with Crippen LogP contribution < -0.4 is 0 Å². The number of esters is 4.